The molecule has 0 N–H and O–H groups in total. The van der Waals surface area contributed by atoms with Crippen LogP contribution in [0.15, 0.2) is 84.4 Å². The second kappa shape index (κ2) is 8.89. The Bertz CT molecular complexity index is 1020. The van der Waals surface area contributed by atoms with Crippen molar-refractivity contribution in [2.45, 2.75) is 19.4 Å². The quantitative estimate of drug-likeness (QED) is 0.531. The first-order valence-electron chi connectivity index (χ1n) is 9.87. The van der Waals surface area contributed by atoms with E-state index in [1.165, 1.54) is 16.7 Å². The van der Waals surface area contributed by atoms with E-state index in [2.05, 4.69) is 18.2 Å². The molecule has 0 radical (unpaired) electrons. The summed E-state index contributed by atoms with van der Waals surface area (Å²) in [5, 5.41) is 0. The Morgan fingerprint density at radius 3 is 2.31 bits per heavy atom. The molecule has 1 aliphatic carbocycles. The Kier molecular flexibility index (Phi) is 5.87. The molecule has 4 rings (SSSR count). The lowest BCUT2D eigenvalue weighted by molar-refractivity contribution is 0.0472. The summed E-state index contributed by atoms with van der Waals surface area (Å²) in [6, 6.07) is 26.0. The fourth-order valence-electron chi connectivity index (χ4n) is 3.84. The summed E-state index contributed by atoms with van der Waals surface area (Å²) in [6.07, 6.45) is 1.91. The molecule has 0 atom stereocenters. The topological polar surface area (TPSA) is 35.5 Å². The monoisotopic (exact) mass is 384 g/mol. The maximum absolute atomic E-state index is 12.7. The van der Waals surface area contributed by atoms with Crippen molar-refractivity contribution in [2.24, 2.45) is 0 Å². The number of hydrogen-bond acceptors (Lipinski definition) is 3. The number of aryl methyl sites for hydroxylation is 1. The fourth-order valence-corrected chi connectivity index (χ4v) is 3.84. The number of benzene rings is 3. The van der Waals surface area contributed by atoms with Gasteiger partial charge in [0.2, 0.25) is 0 Å². The van der Waals surface area contributed by atoms with Gasteiger partial charge < -0.3 is 9.47 Å². The summed E-state index contributed by atoms with van der Waals surface area (Å²) in [6.45, 7) is 0.861. The van der Waals surface area contributed by atoms with Gasteiger partial charge in [-0.2, -0.15) is 0 Å². The van der Waals surface area contributed by atoms with Crippen molar-refractivity contribution in [1.29, 1.82) is 0 Å². The lowest BCUT2D eigenvalue weighted by Gasteiger charge is -2.24. The van der Waals surface area contributed by atoms with Crippen molar-refractivity contribution >= 4 is 11.5 Å². The lowest BCUT2D eigenvalue weighted by Crippen LogP contribution is -2.12. The summed E-state index contributed by atoms with van der Waals surface area (Å²) >= 11 is 0. The van der Waals surface area contributed by atoms with Crippen molar-refractivity contribution in [3.05, 3.63) is 112 Å². The largest absolute Gasteiger partial charge is 0.457 e. The van der Waals surface area contributed by atoms with Crippen molar-refractivity contribution in [2.75, 3.05) is 13.7 Å². The molecule has 0 saturated carbocycles. The molecule has 0 saturated heterocycles. The molecule has 3 aromatic rings. The van der Waals surface area contributed by atoms with E-state index in [1.807, 2.05) is 60.7 Å². The molecule has 0 spiro atoms. The van der Waals surface area contributed by atoms with Gasteiger partial charge in [-0.15, -0.1) is 0 Å². The van der Waals surface area contributed by atoms with Crippen LogP contribution >= 0.6 is 0 Å². The Balaban J connectivity index is 1.66. The zero-order valence-electron chi connectivity index (χ0n) is 16.6. The fraction of sp³-hybridized carbons (Fsp3) is 0.192. The highest BCUT2D eigenvalue weighted by atomic mass is 16.5. The van der Waals surface area contributed by atoms with Crippen LogP contribution < -0.4 is 0 Å². The van der Waals surface area contributed by atoms with E-state index in [1.54, 1.807) is 7.11 Å². The van der Waals surface area contributed by atoms with Gasteiger partial charge in [-0.05, 0) is 58.4 Å². The number of hydrogen-bond donors (Lipinski definition) is 0. The molecular formula is C26H24O3. The number of ether oxygens (including phenoxy) is 2. The van der Waals surface area contributed by atoms with Crippen LogP contribution in [0.2, 0.25) is 0 Å². The van der Waals surface area contributed by atoms with Crippen LogP contribution in [-0.2, 0) is 22.5 Å². The number of carbonyl (C=O) groups excluding carboxylic acids is 1. The molecule has 29 heavy (non-hydrogen) atoms. The van der Waals surface area contributed by atoms with E-state index in [0.29, 0.717) is 12.2 Å². The molecule has 0 bridgehead atoms. The standard InChI is InChI=1S/C26H24O3/c1-28-18-23-15-13-20-12-14-22(26(27)29-17-19-8-4-2-5-9-19)16-24(20)25(23)21-10-6-3-7-11-21/h2-12,14,16H,13,15,17-18H2,1H3. The van der Waals surface area contributed by atoms with E-state index < -0.39 is 0 Å². The summed E-state index contributed by atoms with van der Waals surface area (Å²) < 4.78 is 11.0. The molecule has 3 heteroatoms. The summed E-state index contributed by atoms with van der Waals surface area (Å²) in [5.41, 5.74) is 7.49. The summed E-state index contributed by atoms with van der Waals surface area (Å²) in [7, 11) is 1.72. The highest BCUT2D eigenvalue weighted by Gasteiger charge is 2.22. The lowest BCUT2D eigenvalue weighted by atomic mass is 9.81. The Labute approximate surface area is 171 Å². The zero-order chi connectivity index (χ0) is 20.1. The molecule has 146 valence electrons. The Hall–Kier alpha value is -3.17. The van der Waals surface area contributed by atoms with Gasteiger partial charge in [-0.3, -0.25) is 0 Å². The van der Waals surface area contributed by atoms with Crippen LogP contribution in [0.5, 0.6) is 0 Å². The Morgan fingerprint density at radius 2 is 1.59 bits per heavy atom. The van der Waals surface area contributed by atoms with Gasteiger partial charge >= 0.3 is 5.97 Å². The molecule has 0 heterocycles. The van der Waals surface area contributed by atoms with Crippen LogP contribution in [0.4, 0.5) is 0 Å². The van der Waals surface area contributed by atoms with Crippen molar-refractivity contribution in [3.8, 4) is 0 Å². The molecule has 0 unspecified atom stereocenters. The molecule has 3 nitrogen and oxygen atoms in total. The molecule has 0 amide bonds. The third-order valence-corrected chi connectivity index (χ3v) is 5.26. The van der Waals surface area contributed by atoms with Gasteiger partial charge in [0.1, 0.15) is 6.61 Å². The molecule has 0 aliphatic heterocycles. The van der Waals surface area contributed by atoms with Crippen LogP contribution in [0.1, 0.15) is 39.0 Å². The van der Waals surface area contributed by atoms with E-state index in [4.69, 9.17) is 9.47 Å². The van der Waals surface area contributed by atoms with E-state index >= 15 is 0 Å². The predicted octanol–water partition coefficient (Wildman–Crippen LogP) is 5.44. The number of fused-ring (bicyclic) bond motifs is 1. The predicted molar refractivity (Wildman–Crippen MR) is 115 cm³/mol. The van der Waals surface area contributed by atoms with Crippen LogP contribution in [0.3, 0.4) is 0 Å². The number of methoxy groups -OCH3 is 1. The van der Waals surface area contributed by atoms with E-state index in [0.717, 1.165) is 29.5 Å². The minimum atomic E-state index is -0.303. The molecule has 0 fully saturated rings. The first-order valence-corrected chi connectivity index (χ1v) is 9.87. The highest BCUT2D eigenvalue weighted by Crippen LogP contribution is 2.36. The SMILES string of the molecule is COCC1=C(c2ccccc2)c2cc(C(=O)OCc3ccccc3)ccc2CC1. The smallest absolute Gasteiger partial charge is 0.338 e. The van der Waals surface area contributed by atoms with Gasteiger partial charge in [0.25, 0.3) is 0 Å². The molecule has 0 aromatic heterocycles. The Morgan fingerprint density at radius 1 is 0.862 bits per heavy atom. The first kappa shape index (κ1) is 19.2. The second-order valence-electron chi connectivity index (χ2n) is 7.21. The highest BCUT2D eigenvalue weighted by molar-refractivity contribution is 5.93. The third kappa shape index (κ3) is 4.30. The maximum atomic E-state index is 12.7. The van der Waals surface area contributed by atoms with E-state index in [-0.39, 0.29) is 12.6 Å². The van der Waals surface area contributed by atoms with Gasteiger partial charge in [0.05, 0.1) is 12.2 Å². The number of esters is 1. The molecule has 3 aromatic carbocycles. The van der Waals surface area contributed by atoms with Gasteiger partial charge in [-0.25, -0.2) is 4.79 Å². The summed E-state index contributed by atoms with van der Waals surface area (Å²) in [4.78, 5) is 12.7. The first-order chi connectivity index (χ1) is 14.3. The second-order valence-corrected chi connectivity index (χ2v) is 7.21. The maximum Gasteiger partial charge on any atom is 0.338 e. The van der Waals surface area contributed by atoms with Crippen LogP contribution in [0, 0.1) is 0 Å². The number of carbonyl (C=O) groups is 1. The zero-order valence-corrected chi connectivity index (χ0v) is 16.6. The minimum absolute atomic E-state index is 0.271. The molecular weight excluding hydrogens is 360 g/mol. The van der Waals surface area contributed by atoms with Gasteiger partial charge in [0.15, 0.2) is 0 Å². The van der Waals surface area contributed by atoms with Crippen molar-refractivity contribution in [1.82, 2.24) is 0 Å². The minimum Gasteiger partial charge on any atom is -0.457 e. The number of rotatable bonds is 6. The van der Waals surface area contributed by atoms with Gasteiger partial charge in [0, 0.05) is 7.11 Å². The van der Waals surface area contributed by atoms with E-state index in [9.17, 15) is 4.79 Å². The van der Waals surface area contributed by atoms with Gasteiger partial charge in [-0.1, -0.05) is 66.7 Å². The summed E-state index contributed by atoms with van der Waals surface area (Å²) in [5.74, 6) is -0.303. The average Bonchev–Trinajstić information content (AvgIpc) is 2.78. The third-order valence-electron chi connectivity index (χ3n) is 5.26. The van der Waals surface area contributed by atoms with Crippen LogP contribution in [0.25, 0.3) is 5.57 Å². The average molecular weight is 384 g/mol. The van der Waals surface area contributed by atoms with Crippen LogP contribution in [-0.4, -0.2) is 19.7 Å². The normalized spacial score (nSPS) is 13.1. The van der Waals surface area contributed by atoms with Crippen molar-refractivity contribution < 1.29 is 14.3 Å². The molecule has 1 aliphatic rings. The van der Waals surface area contributed by atoms with Crippen molar-refractivity contribution in [3.63, 3.8) is 0 Å².